The van der Waals surface area contributed by atoms with E-state index in [-0.39, 0.29) is 17.5 Å². The molecule has 1 aromatic heterocycles. The smallest absolute Gasteiger partial charge is 0.234 e. The molecule has 0 radical (unpaired) electrons. The van der Waals surface area contributed by atoms with E-state index >= 15 is 0 Å². The third-order valence-corrected chi connectivity index (χ3v) is 5.44. The molecule has 1 aliphatic heterocycles. The number of hydrogen-bond donors (Lipinski definition) is 1. The second-order valence-electron chi connectivity index (χ2n) is 8.46. The van der Waals surface area contributed by atoms with Gasteiger partial charge in [-0.05, 0) is 66.3 Å². The van der Waals surface area contributed by atoms with Gasteiger partial charge in [-0.15, -0.1) is 0 Å². The third kappa shape index (κ3) is 3.66. The summed E-state index contributed by atoms with van der Waals surface area (Å²) in [5.74, 6) is 0.158. The van der Waals surface area contributed by atoms with Crippen molar-refractivity contribution in [3.63, 3.8) is 0 Å². The predicted molar refractivity (Wildman–Crippen MR) is 95.9 cm³/mol. The van der Waals surface area contributed by atoms with Crippen LogP contribution in [0.15, 0.2) is 6.20 Å². The van der Waals surface area contributed by atoms with Crippen molar-refractivity contribution in [2.45, 2.75) is 83.8 Å². The van der Waals surface area contributed by atoms with Gasteiger partial charge >= 0.3 is 0 Å². The first-order chi connectivity index (χ1) is 11.4. The van der Waals surface area contributed by atoms with E-state index in [1.165, 1.54) is 30.5 Å². The first-order valence-corrected chi connectivity index (χ1v) is 9.47. The summed E-state index contributed by atoms with van der Waals surface area (Å²) in [7, 11) is 0. The Morgan fingerprint density at radius 3 is 2.79 bits per heavy atom. The van der Waals surface area contributed by atoms with Crippen LogP contribution >= 0.6 is 0 Å². The monoisotopic (exact) mass is 332 g/mol. The van der Waals surface area contributed by atoms with Gasteiger partial charge in [-0.2, -0.15) is 5.10 Å². The van der Waals surface area contributed by atoms with E-state index in [4.69, 9.17) is 0 Å². The molecule has 2 aliphatic rings. The lowest BCUT2D eigenvalue weighted by molar-refractivity contribution is -0.123. The Balaban J connectivity index is 1.67. The van der Waals surface area contributed by atoms with E-state index in [1.807, 2.05) is 6.20 Å². The van der Waals surface area contributed by atoms with Gasteiger partial charge in [0, 0.05) is 17.3 Å². The average Bonchev–Trinajstić information content (AvgIpc) is 2.95. The van der Waals surface area contributed by atoms with Gasteiger partial charge in [-0.1, -0.05) is 6.42 Å². The molecular formula is C19H32N4O. The Bertz CT molecular complexity index is 587. The summed E-state index contributed by atoms with van der Waals surface area (Å²) >= 11 is 0. The third-order valence-electron chi connectivity index (χ3n) is 5.44. The summed E-state index contributed by atoms with van der Waals surface area (Å²) in [5, 5.41) is 7.88. The summed E-state index contributed by atoms with van der Waals surface area (Å²) in [6.07, 6.45) is 8.86. The second-order valence-corrected chi connectivity index (χ2v) is 8.46. The average molecular weight is 332 g/mol. The molecule has 1 fully saturated rings. The Morgan fingerprint density at radius 2 is 2.08 bits per heavy atom. The number of carbonyl (C=O) groups is 1. The summed E-state index contributed by atoms with van der Waals surface area (Å²) in [6, 6.07) is 0.646. The molecule has 5 heteroatoms. The van der Waals surface area contributed by atoms with Crippen LogP contribution in [0.2, 0.25) is 0 Å². The standard InChI is InChI=1S/C19H32N4O/c1-14-8-5-6-11-22(14)13-18(24)21-16-9-7-10-17-15(16)12-20-23(17)19(2,3)4/h12,14,16H,5-11,13H2,1-4H3,(H,21,24)/t14-,16-/m1/s1. The molecule has 5 nitrogen and oxygen atoms in total. The molecule has 0 spiro atoms. The topological polar surface area (TPSA) is 50.2 Å². The molecule has 1 saturated heterocycles. The van der Waals surface area contributed by atoms with Crippen molar-refractivity contribution in [2.24, 2.45) is 0 Å². The highest BCUT2D eigenvalue weighted by molar-refractivity contribution is 5.78. The fourth-order valence-electron chi connectivity index (χ4n) is 4.10. The number of nitrogens with one attached hydrogen (secondary N) is 1. The van der Waals surface area contributed by atoms with Crippen LogP contribution in [0, 0.1) is 0 Å². The summed E-state index contributed by atoms with van der Waals surface area (Å²) < 4.78 is 2.13. The molecule has 1 amide bonds. The molecule has 1 N–H and O–H groups in total. The molecule has 24 heavy (non-hydrogen) atoms. The zero-order valence-corrected chi connectivity index (χ0v) is 15.6. The van der Waals surface area contributed by atoms with Crippen molar-refractivity contribution < 1.29 is 4.79 Å². The van der Waals surface area contributed by atoms with Gasteiger partial charge in [0.05, 0.1) is 24.3 Å². The molecule has 0 saturated carbocycles. The Labute approximate surface area is 145 Å². The van der Waals surface area contributed by atoms with Gasteiger partial charge < -0.3 is 5.32 Å². The largest absolute Gasteiger partial charge is 0.348 e. The van der Waals surface area contributed by atoms with Crippen molar-refractivity contribution in [2.75, 3.05) is 13.1 Å². The number of rotatable bonds is 3. The maximum absolute atomic E-state index is 12.6. The van der Waals surface area contributed by atoms with Crippen LogP contribution in [0.5, 0.6) is 0 Å². The van der Waals surface area contributed by atoms with Crippen molar-refractivity contribution in [3.8, 4) is 0 Å². The van der Waals surface area contributed by atoms with E-state index in [0.717, 1.165) is 25.8 Å². The van der Waals surface area contributed by atoms with E-state index in [9.17, 15) is 4.79 Å². The molecule has 1 aromatic rings. The van der Waals surface area contributed by atoms with Crippen LogP contribution < -0.4 is 5.32 Å². The number of hydrogen-bond acceptors (Lipinski definition) is 3. The number of nitrogens with zero attached hydrogens (tertiary/aromatic N) is 3. The molecule has 2 atom stereocenters. The fraction of sp³-hybridized carbons (Fsp3) is 0.789. The molecule has 2 heterocycles. The van der Waals surface area contributed by atoms with Crippen molar-refractivity contribution in [1.29, 1.82) is 0 Å². The van der Waals surface area contributed by atoms with Gasteiger partial charge in [0.1, 0.15) is 0 Å². The highest BCUT2D eigenvalue weighted by atomic mass is 16.2. The van der Waals surface area contributed by atoms with Gasteiger partial charge in [-0.25, -0.2) is 0 Å². The minimum Gasteiger partial charge on any atom is -0.348 e. The molecule has 0 aromatic carbocycles. The number of amides is 1. The first kappa shape index (κ1) is 17.5. The number of piperidine rings is 1. The normalized spacial score (nSPS) is 25.3. The quantitative estimate of drug-likeness (QED) is 0.926. The van der Waals surface area contributed by atoms with Gasteiger partial charge in [0.25, 0.3) is 0 Å². The zero-order valence-electron chi connectivity index (χ0n) is 15.6. The highest BCUT2D eigenvalue weighted by Crippen LogP contribution is 2.32. The van der Waals surface area contributed by atoms with Crippen molar-refractivity contribution >= 4 is 5.91 Å². The van der Waals surface area contributed by atoms with Crippen LogP contribution in [0.25, 0.3) is 0 Å². The molecular weight excluding hydrogens is 300 g/mol. The fourth-order valence-corrected chi connectivity index (χ4v) is 4.10. The van der Waals surface area contributed by atoms with Crippen LogP contribution in [0.3, 0.4) is 0 Å². The maximum atomic E-state index is 12.6. The number of likely N-dealkylation sites (tertiary alicyclic amines) is 1. The summed E-state index contributed by atoms with van der Waals surface area (Å²) in [6.45, 7) is 10.4. The van der Waals surface area contributed by atoms with Crippen LogP contribution in [0.1, 0.15) is 77.1 Å². The minimum absolute atomic E-state index is 0.0112. The van der Waals surface area contributed by atoms with Crippen LogP contribution in [-0.2, 0) is 16.8 Å². The Morgan fingerprint density at radius 1 is 1.29 bits per heavy atom. The van der Waals surface area contributed by atoms with E-state index in [0.29, 0.717) is 12.6 Å². The van der Waals surface area contributed by atoms with Gasteiger partial charge in [0.2, 0.25) is 5.91 Å². The van der Waals surface area contributed by atoms with Gasteiger partial charge in [0.15, 0.2) is 0 Å². The number of aromatic nitrogens is 2. The molecule has 0 bridgehead atoms. The molecule has 0 unspecified atom stereocenters. The highest BCUT2D eigenvalue weighted by Gasteiger charge is 2.29. The van der Waals surface area contributed by atoms with Crippen molar-refractivity contribution in [3.05, 3.63) is 17.5 Å². The van der Waals surface area contributed by atoms with E-state index in [2.05, 4.69) is 47.7 Å². The van der Waals surface area contributed by atoms with E-state index < -0.39 is 0 Å². The maximum Gasteiger partial charge on any atom is 0.234 e. The summed E-state index contributed by atoms with van der Waals surface area (Å²) in [4.78, 5) is 14.9. The lowest BCUT2D eigenvalue weighted by Gasteiger charge is -2.33. The van der Waals surface area contributed by atoms with Gasteiger partial charge in [-0.3, -0.25) is 14.4 Å². The lowest BCUT2D eigenvalue weighted by atomic mass is 9.92. The minimum atomic E-state index is -0.0112. The molecule has 134 valence electrons. The van der Waals surface area contributed by atoms with Crippen LogP contribution in [-0.4, -0.2) is 39.7 Å². The predicted octanol–water partition coefficient (Wildman–Crippen LogP) is 3.01. The summed E-state index contributed by atoms with van der Waals surface area (Å²) in [5.41, 5.74) is 2.50. The van der Waals surface area contributed by atoms with E-state index in [1.54, 1.807) is 0 Å². The zero-order chi connectivity index (χ0) is 17.3. The SMILES string of the molecule is C[C@@H]1CCCCN1CC(=O)N[C@@H]1CCCc2c1cnn2C(C)(C)C. The Hall–Kier alpha value is -1.36. The number of fused-ring (bicyclic) bond motifs is 1. The van der Waals surface area contributed by atoms with Crippen molar-refractivity contribution in [1.82, 2.24) is 20.0 Å². The lowest BCUT2D eigenvalue weighted by Crippen LogP contribution is -2.45. The molecule has 1 aliphatic carbocycles. The number of carbonyl (C=O) groups excluding carboxylic acids is 1. The molecule has 3 rings (SSSR count). The van der Waals surface area contributed by atoms with Crippen LogP contribution in [0.4, 0.5) is 0 Å². The Kier molecular flexibility index (Phi) is 5.00. The second kappa shape index (κ2) is 6.87. The first-order valence-electron chi connectivity index (χ1n) is 9.47.